The van der Waals surface area contributed by atoms with E-state index < -0.39 is 5.97 Å². The van der Waals surface area contributed by atoms with Gasteiger partial charge in [0.15, 0.2) is 16.7 Å². The summed E-state index contributed by atoms with van der Waals surface area (Å²) in [5, 5.41) is 0.209. The zero-order valence-corrected chi connectivity index (χ0v) is 15.0. The largest absolute Gasteiger partial charge is 0.493 e. The second kappa shape index (κ2) is 7.45. The molecule has 26 heavy (non-hydrogen) atoms. The summed E-state index contributed by atoms with van der Waals surface area (Å²) in [4.78, 5) is 28.1. The minimum absolute atomic E-state index is 0.209. The average molecular weight is 368 g/mol. The van der Waals surface area contributed by atoms with Crippen LogP contribution >= 0.6 is 11.8 Å². The highest BCUT2D eigenvalue weighted by molar-refractivity contribution is 8.18. The summed E-state index contributed by atoms with van der Waals surface area (Å²) >= 11 is 1.10. The summed E-state index contributed by atoms with van der Waals surface area (Å²) in [6.45, 7) is 1.94. The van der Waals surface area contributed by atoms with E-state index in [0.717, 1.165) is 17.3 Å². The molecule has 0 unspecified atom stereocenters. The molecule has 0 aliphatic carbocycles. The third-order valence-corrected chi connectivity index (χ3v) is 4.43. The number of hydrogen-bond acceptors (Lipinski definition) is 6. The molecule has 0 fully saturated rings. The third kappa shape index (κ3) is 3.94. The minimum Gasteiger partial charge on any atom is -0.493 e. The molecule has 1 aliphatic rings. The zero-order chi connectivity index (χ0) is 18.7. The van der Waals surface area contributed by atoms with Crippen molar-refractivity contribution in [3.63, 3.8) is 0 Å². The first-order valence-electron chi connectivity index (χ1n) is 7.71. The molecule has 7 heteroatoms. The van der Waals surface area contributed by atoms with Crippen LogP contribution in [0.3, 0.4) is 0 Å². The quantitative estimate of drug-likeness (QED) is 0.506. The number of esters is 1. The molecule has 0 bridgehead atoms. The molecule has 0 radical (unpaired) electrons. The second-order valence-electron chi connectivity index (χ2n) is 5.53. The smallest absolute Gasteiger partial charge is 0.343 e. The highest BCUT2D eigenvalue weighted by Gasteiger charge is 2.20. The number of carbonyl (C=O) groups is 2. The number of aliphatic imine (C=N–C) groups is 1. The lowest BCUT2D eigenvalue weighted by atomic mass is 10.1. The van der Waals surface area contributed by atoms with E-state index in [1.165, 1.54) is 7.11 Å². The van der Waals surface area contributed by atoms with Crippen molar-refractivity contribution < 1.29 is 19.1 Å². The average Bonchev–Trinajstić information content (AvgIpc) is 2.93. The summed E-state index contributed by atoms with van der Waals surface area (Å²) in [5.74, 6) is -0.209. The highest BCUT2D eigenvalue weighted by atomic mass is 32.2. The molecule has 2 N–H and O–H groups in total. The Morgan fingerprint density at radius 2 is 1.88 bits per heavy atom. The van der Waals surface area contributed by atoms with Gasteiger partial charge in [-0.05, 0) is 54.6 Å². The lowest BCUT2D eigenvalue weighted by Crippen LogP contribution is -2.09. The molecule has 2 aromatic rings. The Bertz CT molecular complexity index is 933. The number of ether oxygens (including phenoxy) is 2. The predicted octanol–water partition coefficient (Wildman–Crippen LogP) is 3.15. The van der Waals surface area contributed by atoms with E-state index in [2.05, 4.69) is 4.99 Å². The molecule has 3 rings (SSSR count). The summed E-state index contributed by atoms with van der Waals surface area (Å²) in [6.07, 6.45) is 1.64. The van der Waals surface area contributed by atoms with E-state index in [9.17, 15) is 9.59 Å². The highest BCUT2D eigenvalue weighted by Crippen LogP contribution is 2.32. The van der Waals surface area contributed by atoms with Crippen molar-refractivity contribution in [2.45, 2.75) is 6.92 Å². The number of thioether (sulfide) groups is 1. The van der Waals surface area contributed by atoms with Gasteiger partial charge >= 0.3 is 5.97 Å². The van der Waals surface area contributed by atoms with Crippen LogP contribution in [0.5, 0.6) is 11.5 Å². The number of nitrogens with two attached hydrogens (primary N) is 1. The van der Waals surface area contributed by atoms with Gasteiger partial charge in [-0.25, -0.2) is 4.79 Å². The second-order valence-corrected chi connectivity index (χ2v) is 6.59. The molecule has 1 heterocycles. The third-order valence-electron chi connectivity index (χ3n) is 3.61. The van der Waals surface area contributed by atoms with E-state index in [0.29, 0.717) is 21.8 Å². The van der Waals surface area contributed by atoms with Crippen molar-refractivity contribution in [2.24, 2.45) is 10.7 Å². The first kappa shape index (κ1) is 17.8. The number of nitrogens with zero attached hydrogens (tertiary/aromatic N) is 1. The number of amides is 1. The molecule has 0 atom stereocenters. The van der Waals surface area contributed by atoms with Gasteiger partial charge in [-0.2, -0.15) is 4.99 Å². The standard InChI is InChI=1S/C19H16N2O4S/c1-11-3-6-13(7-4-11)18(23)25-15-9-12(5-8-14(15)24-2)10-16-17(22)21-19(20)26-16/h3-10H,1-2H3,(H2,20,21,22). The molecular weight excluding hydrogens is 352 g/mol. The van der Waals surface area contributed by atoms with Crippen LogP contribution in [0.1, 0.15) is 21.5 Å². The molecule has 132 valence electrons. The summed E-state index contributed by atoms with van der Waals surface area (Å²) in [6, 6.07) is 12.1. The number of methoxy groups -OCH3 is 1. The number of aryl methyl sites for hydroxylation is 1. The van der Waals surface area contributed by atoms with Crippen LogP contribution in [0, 0.1) is 6.92 Å². The maximum absolute atomic E-state index is 12.4. The zero-order valence-electron chi connectivity index (χ0n) is 14.2. The predicted molar refractivity (Wildman–Crippen MR) is 101 cm³/mol. The molecule has 0 aromatic heterocycles. The van der Waals surface area contributed by atoms with Crippen molar-refractivity contribution in [2.75, 3.05) is 7.11 Å². The van der Waals surface area contributed by atoms with E-state index in [1.807, 2.05) is 19.1 Å². The van der Waals surface area contributed by atoms with Gasteiger partial charge in [-0.3, -0.25) is 4.79 Å². The van der Waals surface area contributed by atoms with Gasteiger partial charge in [0.2, 0.25) is 0 Å². The van der Waals surface area contributed by atoms with Crippen LogP contribution < -0.4 is 15.2 Å². The van der Waals surface area contributed by atoms with Crippen LogP contribution in [0.25, 0.3) is 6.08 Å². The molecule has 0 saturated heterocycles. The van der Waals surface area contributed by atoms with Gasteiger partial charge < -0.3 is 15.2 Å². The Balaban J connectivity index is 1.86. The Kier molecular flexibility index (Phi) is 5.09. The first-order valence-corrected chi connectivity index (χ1v) is 8.53. The van der Waals surface area contributed by atoms with E-state index in [-0.39, 0.29) is 16.8 Å². The van der Waals surface area contributed by atoms with Crippen molar-refractivity contribution in [3.05, 3.63) is 64.1 Å². The van der Waals surface area contributed by atoms with E-state index in [1.54, 1.807) is 36.4 Å². The fraction of sp³-hybridized carbons (Fsp3) is 0.105. The van der Waals surface area contributed by atoms with E-state index >= 15 is 0 Å². The maximum Gasteiger partial charge on any atom is 0.343 e. The number of benzene rings is 2. The number of amidine groups is 1. The molecule has 2 aromatic carbocycles. The van der Waals surface area contributed by atoms with Crippen molar-refractivity contribution >= 4 is 34.9 Å². The Morgan fingerprint density at radius 1 is 1.15 bits per heavy atom. The molecule has 0 spiro atoms. The lowest BCUT2D eigenvalue weighted by molar-refractivity contribution is -0.113. The van der Waals surface area contributed by atoms with Gasteiger partial charge in [0.25, 0.3) is 5.91 Å². The molecular formula is C19H16N2O4S. The lowest BCUT2D eigenvalue weighted by Gasteiger charge is -2.10. The summed E-state index contributed by atoms with van der Waals surface area (Å²) in [5.41, 5.74) is 7.70. The molecule has 0 saturated carbocycles. The molecule has 1 amide bonds. The number of rotatable bonds is 4. The van der Waals surface area contributed by atoms with Crippen LogP contribution in [0.15, 0.2) is 52.4 Å². The van der Waals surface area contributed by atoms with E-state index in [4.69, 9.17) is 15.2 Å². The Labute approximate surface area is 154 Å². The number of hydrogen-bond donors (Lipinski definition) is 1. The van der Waals surface area contributed by atoms with Crippen molar-refractivity contribution in [1.82, 2.24) is 0 Å². The van der Waals surface area contributed by atoms with Crippen LogP contribution in [-0.4, -0.2) is 24.2 Å². The monoisotopic (exact) mass is 368 g/mol. The molecule has 1 aliphatic heterocycles. The van der Waals surface area contributed by atoms with Crippen LogP contribution in [0.4, 0.5) is 0 Å². The van der Waals surface area contributed by atoms with Crippen molar-refractivity contribution in [1.29, 1.82) is 0 Å². The minimum atomic E-state index is -0.494. The Morgan fingerprint density at radius 3 is 2.50 bits per heavy atom. The van der Waals surface area contributed by atoms with Crippen molar-refractivity contribution in [3.8, 4) is 11.5 Å². The number of carbonyl (C=O) groups excluding carboxylic acids is 2. The van der Waals surface area contributed by atoms with Gasteiger partial charge in [-0.1, -0.05) is 23.8 Å². The first-order chi connectivity index (χ1) is 12.5. The Hall–Kier alpha value is -3.06. The van der Waals surface area contributed by atoms with Gasteiger partial charge in [0.05, 0.1) is 17.6 Å². The van der Waals surface area contributed by atoms with Gasteiger partial charge in [-0.15, -0.1) is 0 Å². The topological polar surface area (TPSA) is 91.0 Å². The summed E-state index contributed by atoms with van der Waals surface area (Å²) < 4.78 is 10.7. The SMILES string of the molecule is COc1ccc(C=C2SC(N)=NC2=O)cc1OC(=O)c1ccc(C)cc1. The van der Waals surface area contributed by atoms with Gasteiger partial charge in [0, 0.05) is 0 Å². The fourth-order valence-corrected chi connectivity index (χ4v) is 2.97. The maximum atomic E-state index is 12.4. The molecule has 6 nitrogen and oxygen atoms in total. The van der Waals surface area contributed by atoms with Crippen LogP contribution in [0.2, 0.25) is 0 Å². The van der Waals surface area contributed by atoms with Gasteiger partial charge in [0.1, 0.15) is 0 Å². The fourth-order valence-electron chi connectivity index (χ4n) is 2.29. The van der Waals surface area contributed by atoms with Crippen LogP contribution in [-0.2, 0) is 4.79 Å². The summed E-state index contributed by atoms with van der Waals surface area (Å²) in [7, 11) is 1.49. The normalized spacial score (nSPS) is 15.1.